The van der Waals surface area contributed by atoms with E-state index in [0.29, 0.717) is 18.0 Å². The summed E-state index contributed by atoms with van der Waals surface area (Å²) in [6.07, 6.45) is 2.06. The van der Waals surface area contributed by atoms with Crippen molar-refractivity contribution < 1.29 is 18.4 Å². The van der Waals surface area contributed by atoms with Crippen LogP contribution in [-0.2, 0) is 4.79 Å². The van der Waals surface area contributed by atoms with Gasteiger partial charge in [0.25, 0.3) is 5.91 Å². The van der Waals surface area contributed by atoms with Gasteiger partial charge < -0.3 is 20.0 Å². The summed E-state index contributed by atoms with van der Waals surface area (Å²) in [7, 11) is 0. The molecule has 0 aliphatic carbocycles. The fraction of sp³-hybridized carbons (Fsp3) is 0.267. The summed E-state index contributed by atoms with van der Waals surface area (Å²) in [6, 6.07) is 19.9. The molecule has 0 radical (unpaired) electrons. The Hall–Kier alpha value is -3.68. The highest BCUT2D eigenvalue weighted by Crippen LogP contribution is 2.30. The standard InChI is InChI=1S/C30H29ClFN3O3/c1-19(36)34-25-4-2-3-21(16-25)20-9-12-35(13-10-20)14-11-33-30(37)29-18-24-15-22(6-8-28(24)38-29)23-5-7-27(32)26(31)17-23/h2-8,15-18,20H,9-14H2,1H3,(H,33,37)(H,34,36). The molecule has 0 atom stereocenters. The van der Waals surface area contributed by atoms with E-state index in [-0.39, 0.29) is 22.6 Å². The van der Waals surface area contributed by atoms with Gasteiger partial charge in [-0.15, -0.1) is 0 Å². The van der Waals surface area contributed by atoms with E-state index in [0.717, 1.165) is 54.7 Å². The van der Waals surface area contributed by atoms with Crippen LogP contribution in [0.4, 0.5) is 10.1 Å². The Kier molecular flexibility index (Phi) is 7.77. The highest BCUT2D eigenvalue weighted by atomic mass is 35.5. The van der Waals surface area contributed by atoms with Crippen LogP contribution < -0.4 is 10.6 Å². The minimum absolute atomic E-state index is 0.0650. The molecule has 2 N–H and O–H groups in total. The number of fused-ring (bicyclic) bond motifs is 1. The highest BCUT2D eigenvalue weighted by Gasteiger charge is 2.21. The van der Waals surface area contributed by atoms with E-state index in [9.17, 15) is 14.0 Å². The van der Waals surface area contributed by atoms with Crippen LogP contribution >= 0.6 is 11.6 Å². The summed E-state index contributed by atoms with van der Waals surface area (Å²) in [5, 5.41) is 6.67. The normalized spacial score (nSPS) is 14.5. The van der Waals surface area contributed by atoms with Gasteiger partial charge in [0.1, 0.15) is 11.4 Å². The Morgan fingerprint density at radius 3 is 2.55 bits per heavy atom. The van der Waals surface area contributed by atoms with Crippen molar-refractivity contribution in [1.29, 1.82) is 0 Å². The zero-order valence-corrected chi connectivity index (χ0v) is 21.9. The first-order valence-electron chi connectivity index (χ1n) is 12.7. The number of carbonyl (C=O) groups excluding carboxylic acids is 2. The van der Waals surface area contributed by atoms with Crippen LogP contribution in [0.25, 0.3) is 22.1 Å². The van der Waals surface area contributed by atoms with Crippen LogP contribution in [0.15, 0.2) is 71.1 Å². The van der Waals surface area contributed by atoms with E-state index in [4.69, 9.17) is 16.0 Å². The maximum Gasteiger partial charge on any atom is 0.287 e. The van der Waals surface area contributed by atoms with Gasteiger partial charge >= 0.3 is 0 Å². The lowest BCUT2D eigenvalue weighted by molar-refractivity contribution is -0.114. The average molecular weight is 534 g/mol. The van der Waals surface area contributed by atoms with Gasteiger partial charge in [-0.05, 0) is 91.0 Å². The third-order valence-electron chi connectivity index (χ3n) is 6.97. The van der Waals surface area contributed by atoms with Crippen LogP contribution in [0.5, 0.6) is 0 Å². The Morgan fingerprint density at radius 1 is 1.03 bits per heavy atom. The number of nitrogens with zero attached hydrogens (tertiary/aromatic N) is 1. The van der Waals surface area contributed by atoms with Crippen molar-refractivity contribution in [2.45, 2.75) is 25.7 Å². The lowest BCUT2D eigenvalue weighted by Crippen LogP contribution is -2.39. The van der Waals surface area contributed by atoms with Crippen molar-refractivity contribution in [3.8, 4) is 11.1 Å². The van der Waals surface area contributed by atoms with Gasteiger partial charge in [0.15, 0.2) is 5.76 Å². The van der Waals surface area contributed by atoms with E-state index in [2.05, 4.69) is 27.7 Å². The molecule has 2 amide bonds. The largest absolute Gasteiger partial charge is 0.451 e. The molecule has 1 fully saturated rings. The number of rotatable bonds is 7. The van der Waals surface area contributed by atoms with Crippen molar-refractivity contribution in [3.05, 3.63) is 88.9 Å². The summed E-state index contributed by atoms with van der Waals surface area (Å²) in [6.45, 7) is 4.70. The SMILES string of the molecule is CC(=O)Nc1cccc(C2CCN(CCNC(=O)c3cc4cc(-c5ccc(F)c(Cl)c5)ccc4o3)CC2)c1. The molecule has 4 aromatic rings. The first kappa shape index (κ1) is 25.9. The van der Waals surface area contributed by atoms with Crippen molar-refractivity contribution >= 4 is 40.1 Å². The Labute approximate surface area is 225 Å². The van der Waals surface area contributed by atoms with Crippen molar-refractivity contribution in [2.24, 2.45) is 0 Å². The summed E-state index contributed by atoms with van der Waals surface area (Å²) >= 11 is 5.93. The van der Waals surface area contributed by atoms with Crippen LogP contribution in [-0.4, -0.2) is 42.9 Å². The number of furan rings is 1. The zero-order valence-electron chi connectivity index (χ0n) is 21.1. The number of anilines is 1. The van der Waals surface area contributed by atoms with E-state index in [1.54, 1.807) is 24.3 Å². The molecular weight excluding hydrogens is 505 g/mol. The molecule has 1 aromatic heterocycles. The predicted molar refractivity (Wildman–Crippen MR) is 148 cm³/mol. The average Bonchev–Trinajstić information content (AvgIpc) is 3.34. The second kappa shape index (κ2) is 11.4. The fourth-order valence-corrected chi connectivity index (χ4v) is 5.17. The Bertz CT molecular complexity index is 1480. The molecule has 6 nitrogen and oxygen atoms in total. The molecule has 5 rings (SSSR count). The molecule has 38 heavy (non-hydrogen) atoms. The van der Waals surface area contributed by atoms with Gasteiger partial charge in [-0.25, -0.2) is 4.39 Å². The predicted octanol–water partition coefficient (Wildman–Crippen LogP) is 6.46. The van der Waals surface area contributed by atoms with Gasteiger partial charge in [0.2, 0.25) is 5.91 Å². The molecule has 1 aliphatic rings. The summed E-state index contributed by atoms with van der Waals surface area (Å²) < 4.78 is 19.3. The number of amides is 2. The van der Waals surface area contributed by atoms with E-state index >= 15 is 0 Å². The monoisotopic (exact) mass is 533 g/mol. The molecule has 8 heteroatoms. The number of likely N-dealkylation sites (tertiary alicyclic amines) is 1. The minimum atomic E-state index is -0.461. The maximum absolute atomic E-state index is 13.5. The quantitative estimate of drug-likeness (QED) is 0.286. The molecule has 3 aromatic carbocycles. The molecule has 0 bridgehead atoms. The molecule has 0 unspecified atom stereocenters. The third kappa shape index (κ3) is 6.06. The van der Waals surface area contributed by atoms with E-state index in [1.807, 2.05) is 24.3 Å². The topological polar surface area (TPSA) is 74.6 Å². The van der Waals surface area contributed by atoms with Crippen LogP contribution in [0.1, 0.15) is 41.8 Å². The van der Waals surface area contributed by atoms with Gasteiger partial charge in [0.05, 0.1) is 5.02 Å². The molecule has 0 saturated carbocycles. The molecule has 196 valence electrons. The maximum atomic E-state index is 13.5. The van der Waals surface area contributed by atoms with Crippen LogP contribution in [0.2, 0.25) is 5.02 Å². The van der Waals surface area contributed by atoms with Gasteiger partial charge in [-0.2, -0.15) is 0 Å². The number of halogens is 2. The van der Waals surface area contributed by atoms with Crippen molar-refractivity contribution in [2.75, 3.05) is 31.5 Å². The lowest BCUT2D eigenvalue weighted by Gasteiger charge is -2.32. The minimum Gasteiger partial charge on any atom is -0.451 e. The third-order valence-corrected chi connectivity index (χ3v) is 7.26. The van der Waals surface area contributed by atoms with Crippen molar-refractivity contribution in [3.63, 3.8) is 0 Å². The number of hydrogen-bond acceptors (Lipinski definition) is 4. The molecule has 2 heterocycles. The molecular formula is C30H29ClFN3O3. The van der Waals surface area contributed by atoms with Crippen molar-refractivity contribution in [1.82, 2.24) is 10.2 Å². The lowest BCUT2D eigenvalue weighted by atomic mass is 9.89. The second-order valence-electron chi connectivity index (χ2n) is 9.67. The number of benzene rings is 3. The molecule has 1 saturated heterocycles. The molecule has 0 spiro atoms. The number of carbonyl (C=O) groups is 2. The summed E-state index contributed by atoms with van der Waals surface area (Å²) in [5.74, 6) is -0.0661. The van der Waals surface area contributed by atoms with E-state index < -0.39 is 5.82 Å². The smallest absolute Gasteiger partial charge is 0.287 e. The summed E-state index contributed by atoms with van der Waals surface area (Å²) in [5.41, 5.74) is 4.34. The molecule has 1 aliphatic heterocycles. The Balaban J connectivity index is 1.12. The van der Waals surface area contributed by atoms with Crippen LogP contribution in [0, 0.1) is 5.82 Å². The highest BCUT2D eigenvalue weighted by molar-refractivity contribution is 6.31. The Morgan fingerprint density at radius 2 is 1.79 bits per heavy atom. The first-order chi connectivity index (χ1) is 18.4. The fourth-order valence-electron chi connectivity index (χ4n) is 4.99. The zero-order chi connectivity index (χ0) is 26.6. The number of nitrogens with one attached hydrogen (secondary N) is 2. The van der Waals surface area contributed by atoms with Crippen LogP contribution in [0.3, 0.4) is 0 Å². The number of hydrogen-bond donors (Lipinski definition) is 2. The number of piperidine rings is 1. The van der Waals surface area contributed by atoms with Gasteiger partial charge in [-0.3, -0.25) is 9.59 Å². The van der Waals surface area contributed by atoms with Gasteiger partial charge in [0, 0.05) is 31.1 Å². The first-order valence-corrected chi connectivity index (χ1v) is 13.1. The van der Waals surface area contributed by atoms with E-state index in [1.165, 1.54) is 18.6 Å². The summed E-state index contributed by atoms with van der Waals surface area (Å²) in [4.78, 5) is 26.4. The second-order valence-corrected chi connectivity index (χ2v) is 10.1. The van der Waals surface area contributed by atoms with Gasteiger partial charge in [-0.1, -0.05) is 35.9 Å².